The van der Waals surface area contributed by atoms with Gasteiger partial charge in [0.2, 0.25) is 0 Å². The minimum atomic E-state index is -0.0920. The molecule has 3 N–H and O–H groups in total. The van der Waals surface area contributed by atoms with Crippen LogP contribution in [0, 0.1) is 5.92 Å². The molecule has 0 bridgehead atoms. The normalized spacial score (nSPS) is 48.0. The van der Waals surface area contributed by atoms with E-state index in [1.165, 1.54) is 19.3 Å². The molecule has 2 nitrogen and oxygen atoms in total. The van der Waals surface area contributed by atoms with Gasteiger partial charge >= 0.3 is 0 Å². The molecule has 0 atom stereocenters. The SMILES string of the molecule is NC1(C2CCC2)CC(O)C1. The van der Waals surface area contributed by atoms with E-state index in [4.69, 9.17) is 10.8 Å². The summed E-state index contributed by atoms with van der Waals surface area (Å²) in [6.07, 6.45) is 5.53. The molecule has 0 unspecified atom stereocenters. The van der Waals surface area contributed by atoms with Crippen LogP contribution in [0.3, 0.4) is 0 Å². The van der Waals surface area contributed by atoms with E-state index in [1.54, 1.807) is 0 Å². The van der Waals surface area contributed by atoms with Crippen LogP contribution >= 0.6 is 0 Å². The van der Waals surface area contributed by atoms with Crippen LogP contribution in [-0.4, -0.2) is 16.7 Å². The standard InChI is InChI=1S/C8H15NO/c9-8(4-7(10)5-8)6-2-1-3-6/h6-7,10H,1-5,9H2. The van der Waals surface area contributed by atoms with Crippen molar-refractivity contribution in [2.45, 2.75) is 43.7 Å². The van der Waals surface area contributed by atoms with Gasteiger partial charge in [-0.3, -0.25) is 0 Å². The third-order valence-electron chi connectivity index (χ3n) is 3.15. The lowest BCUT2D eigenvalue weighted by atomic mass is 9.60. The highest BCUT2D eigenvalue weighted by Gasteiger charge is 2.47. The van der Waals surface area contributed by atoms with Crippen molar-refractivity contribution in [1.82, 2.24) is 0 Å². The summed E-state index contributed by atoms with van der Waals surface area (Å²) in [5.41, 5.74) is 6.08. The monoisotopic (exact) mass is 141 g/mol. The molecule has 10 heavy (non-hydrogen) atoms. The molecule has 0 spiro atoms. The van der Waals surface area contributed by atoms with E-state index in [9.17, 15) is 0 Å². The van der Waals surface area contributed by atoms with Crippen molar-refractivity contribution in [3.8, 4) is 0 Å². The summed E-state index contributed by atoms with van der Waals surface area (Å²) < 4.78 is 0. The van der Waals surface area contributed by atoms with Crippen LogP contribution in [0.25, 0.3) is 0 Å². The van der Waals surface area contributed by atoms with Crippen molar-refractivity contribution in [2.24, 2.45) is 11.7 Å². The zero-order chi connectivity index (χ0) is 7.19. The Bertz CT molecular complexity index is 136. The average Bonchev–Trinajstić information content (AvgIpc) is 1.54. The minimum Gasteiger partial charge on any atom is -0.393 e. The quantitative estimate of drug-likeness (QED) is 0.563. The Kier molecular flexibility index (Phi) is 1.29. The largest absolute Gasteiger partial charge is 0.393 e. The Morgan fingerprint density at radius 2 is 1.90 bits per heavy atom. The molecule has 0 aromatic heterocycles. The van der Waals surface area contributed by atoms with Gasteiger partial charge in [0.05, 0.1) is 6.10 Å². The summed E-state index contributed by atoms with van der Waals surface area (Å²) in [4.78, 5) is 0. The lowest BCUT2D eigenvalue weighted by Gasteiger charge is -2.51. The molecule has 58 valence electrons. The molecular formula is C8H15NO. The Balaban J connectivity index is 1.91. The summed E-state index contributed by atoms with van der Waals surface area (Å²) >= 11 is 0. The van der Waals surface area contributed by atoms with Gasteiger partial charge in [-0.25, -0.2) is 0 Å². The van der Waals surface area contributed by atoms with Gasteiger partial charge in [-0.2, -0.15) is 0 Å². The summed E-state index contributed by atoms with van der Waals surface area (Å²) in [6, 6.07) is 0. The van der Waals surface area contributed by atoms with E-state index in [2.05, 4.69) is 0 Å². The fraction of sp³-hybridized carbons (Fsp3) is 1.00. The molecule has 0 aliphatic heterocycles. The number of nitrogens with two attached hydrogens (primary N) is 1. The summed E-state index contributed by atoms with van der Waals surface area (Å²) in [5, 5.41) is 9.07. The second-order valence-electron chi connectivity index (χ2n) is 3.92. The first-order valence-electron chi connectivity index (χ1n) is 4.18. The second-order valence-corrected chi connectivity index (χ2v) is 3.92. The molecule has 0 radical (unpaired) electrons. The molecule has 2 aliphatic rings. The van der Waals surface area contributed by atoms with Gasteiger partial charge in [0.1, 0.15) is 0 Å². The number of rotatable bonds is 1. The first-order chi connectivity index (χ1) is 4.71. The Labute approximate surface area is 61.4 Å². The van der Waals surface area contributed by atoms with Gasteiger partial charge in [0.15, 0.2) is 0 Å². The first-order valence-corrected chi connectivity index (χ1v) is 4.18. The molecular weight excluding hydrogens is 126 g/mol. The Hall–Kier alpha value is -0.0800. The zero-order valence-corrected chi connectivity index (χ0v) is 6.21. The lowest BCUT2D eigenvalue weighted by molar-refractivity contribution is -0.0291. The van der Waals surface area contributed by atoms with Crippen molar-refractivity contribution in [2.75, 3.05) is 0 Å². The van der Waals surface area contributed by atoms with Crippen LogP contribution in [0.4, 0.5) is 0 Å². The van der Waals surface area contributed by atoms with Gasteiger partial charge < -0.3 is 10.8 Å². The van der Waals surface area contributed by atoms with Crippen molar-refractivity contribution in [1.29, 1.82) is 0 Å². The molecule has 0 aromatic rings. The molecule has 0 saturated heterocycles. The summed E-state index contributed by atoms with van der Waals surface area (Å²) in [7, 11) is 0. The van der Waals surface area contributed by atoms with Gasteiger partial charge in [-0.05, 0) is 31.6 Å². The number of aliphatic hydroxyl groups excluding tert-OH is 1. The van der Waals surface area contributed by atoms with E-state index < -0.39 is 0 Å². The van der Waals surface area contributed by atoms with Crippen molar-refractivity contribution in [3.05, 3.63) is 0 Å². The highest BCUT2D eigenvalue weighted by Crippen LogP contribution is 2.45. The van der Waals surface area contributed by atoms with Gasteiger partial charge in [0.25, 0.3) is 0 Å². The van der Waals surface area contributed by atoms with Crippen molar-refractivity contribution in [3.63, 3.8) is 0 Å². The second kappa shape index (κ2) is 1.95. The predicted molar refractivity (Wildman–Crippen MR) is 39.5 cm³/mol. The molecule has 2 heteroatoms. The highest BCUT2D eigenvalue weighted by atomic mass is 16.3. The first kappa shape index (κ1) is 6.62. The van der Waals surface area contributed by atoms with E-state index in [0.29, 0.717) is 0 Å². The topological polar surface area (TPSA) is 46.2 Å². The minimum absolute atomic E-state index is 0.0394. The van der Waals surface area contributed by atoms with E-state index in [0.717, 1.165) is 18.8 Å². The third-order valence-corrected chi connectivity index (χ3v) is 3.15. The van der Waals surface area contributed by atoms with Crippen LogP contribution in [-0.2, 0) is 0 Å². The van der Waals surface area contributed by atoms with Crippen LogP contribution in [0.5, 0.6) is 0 Å². The fourth-order valence-electron chi connectivity index (χ4n) is 2.13. The average molecular weight is 141 g/mol. The molecule has 2 fully saturated rings. The maximum atomic E-state index is 9.07. The van der Waals surface area contributed by atoms with Crippen LogP contribution < -0.4 is 5.73 Å². The zero-order valence-electron chi connectivity index (χ0n) is 6.21. The lowest BCUT2D eigenvalue weighted by Crippen LogP contribution is -2.60. The predicted octanol–water partition coefficient (Wildman–Crippen LogP) is 0.639. The smallest absolute Gasteiger partial charge is 0.0575 e. The maximum absolute atomic E-state index is 9.07. The van der Waals surface area contributed by atoms with Crippen LogP contribution in [0.1, 0.15) is 32.1 Å². The molecule has 2 saturated carbocycles. The van der Waals surface area contributed by atoms with E-state index >= 15 is 0 Å². The van der Waals surface area contributed by atoms with Crippen molar-refractivity contribution < 1.29 is 5.11 Å². The van der Waals surface area contributed by atoms with Gasteiger partial charge in [0, 0.05) is 5.54 Å². The molecule has 0 heterocycles. The number of aliphatic hydroxyl groups is 1. The maximum Gasteiger partial charge on any atom is 0.0575 e. The molecule has 0 aromatic carbocycles. The summed E-state index contributed by atoms with van der Waals surface area (Å²) in [5.74, 6) is 0.732. The number of hydrogen-bond acceptors (Lipinski definition) is 2. The Morgan fingerprint density at radius 1 is 1.30 bits per heavy atom. The van der Waals surface area contributed by atoms with E-state index in [-0.39, 0.29) is 11.6 Å². The third kappa shape index (κ3) is 0.789. The van der Waals surface area contributed by atoms with E-state index in [1.807, 2.05) is 0 Å². The molecule has 2 rings (SSSR count). The molecule has 2 aliphatic carbocycles. The van der Waals surface area contributed by atoms with Crippen LogP contribution in [0.15, 0.2) is 0 Å². The number of hydrogen-bond donors (Lipinski definition) is 2. The highest BCUT2D eigenvalue weighted by molar-refractivity contribution is 5.05. The van der Waals surface area contributed by atoms with Gasteiger partial charge in [-0.1, -0.05) is 6.42 Å². The fourth-order valence-corrected chi connectivity index (χ4v) is 2.13. The van der Waals surface area contributed by atoms with Gasteiger partial charge in [-0.15, -0.1) is 0 Å². The Morgan fingerprint density at radius 3 is 2.20 bits per heavy atom. The summed E-state index contributed by atoms with van der Waals surface area (Å²) in [6.45, 7) is 0. The van der Waals surface area contributed by atoms with Crippen LogP contribution in [0.2, 0.25) is 0 Å². The van der Waals surface area contributed by atoms with Crippen molar-refractivity contribution >= 4 is 0 Å². The molecule has 0 amide bonds.